The van der Waals surface area contributed by atoms with E-state index in [4.69, 9.17) is 11.6 Å². The van der Waals surface area contributed by atoms with Gasteiger partial charge in [-0.05, 0) is 44.0 Å². The van der Waals surface area contributed by atoms with Gasteiger partial charge in [-0.2, -0.15) is 0 Å². The minimum atomic E-state index is -0.259. The van der Waals surface area contributed by atoms with E-state index in [2.05, 4.69) is 20.8 Å². The molecule has 0 radical (unpaired) electrons. The number of nitrogens with zero attached hydrogens (tertiary/aromatic N) is 3. The van der Waals surface area contributed by atoms with Gasteiger partial charge < -0.3 is 15.2 Å². The molecule has 1 heterocycles. The Bertz CT molecular complexity index is 1120. The number of rotatable bonds is 9. The molecule has 0 saturated carbocycles. The number of carbonyl (C=O) groups excluding carboxylic acids is 2. The predicted molar refractivity (Wildman–Crippen MR) is 129 cm³/mol. The predicted octanol–water partition coefficient (Wildman–Crippen LogP) is 4.80. The van der Waals surface area contributed by atoms with Gasteiger partial charge in [0.1, 0.15) is 0 Å². The van der Waals surface area contributed by atoms with Crippen LogP contribution in [0.4, 0.5) is 5.69 Å². The van der Waals surface area contributed by atoms with E-state index in [1.165, 1.54) is 11.8 Å². The van der Waals surface area contributed by atoms with Crippen LogP contribution < -0.4 is 10.6 Å². The van der Waals surface area contributed by atoms with Gasteiger partial charge in [0.25, 0.3) is 5.91 Å². The molecule has 0 aliphatic rings. The smallest absolute Gasteiger partial charge is 0.253 e. The van der Waals surface area contributed by atoms with Gasteiger partial charge in [-0.15, -0.1) is 10.2 Å². The number of anilines is 1. The van der Waals surface area contributed by atoms with E-state index in [9.17, 15) is 9.59 Å². The van der Waals surface area contributed by atoms with Crippen molar-refractivity contribution in [3.63, 3.8) is 0 Å². The zero-order chi connectivity index (χ0) is 23.1. The molecule has 168 valence electrons. The molecule has 32 heavy (non-hydrogen) atoms. The summed E-state index contributed by atoms with van der Waals surface area (Å²) in [7, 11) is 0. The van der Waals surface area contributed by atoms with Crippen LogP contribution in [-0.2, 0) is 11.3 Å². The molecule has 0 fully saturated rings. The van der Waals surface area contributed by atoms with E-state index in [0.29, 0.717) is 34.5 Å². The topological polar surface area (TPSA) is 88.9 Å². The third kappa shape index (κ3) is 5.69. The first kappa shape index (κ1) is 23.8. The first-order chi connectivity index (χ1) is 15.4. The van der Waals surface area contributed by atoms with Crippen LogP contribution in [-0.4, -0.2) is 38.9 Å². The molecular weight excluding hydrogens is 446 g/mol. The van der Waals surface area contributed by atoms with Crippen LogP contribution in [0.5, 0.6) is 0 Å². The summed E-state index contributed by atoms with van der Waals surface area (Å²) in [5.74, 6) is 0.386. The summed E-state index contributed by atoms with van der Waals surface area (Å²) < 4.78 is 1.99. The van der Waals surface area contributed by atoms with Crippen molar-refractivity contribution in [3.05, 3.63) is 58.6 Å². The highest BCUT2D eigenvalue weighted by Crippen LogP contribution is 2.27. The van der Waals surface area contributed by atoms with Gasteiger partial charge in [-0.25, -0.2) is 0 Å². The molecule has 2 amide bonds. The molecule has 3 aromatic rings. The second-order valence-corrected chi connectivity index (χ2v) is 8.53. The summed E-state index contributed by atoms with van der Waals surface area (Å²) in [6.07, 6.45) is 0.820. The maximum atomic E-state index is 12.7. The zero-order valence-electron chi connectivity index (χ0n) is 18.3. The summed E-state index contributed by atoms with van der Waals surface area (Å²) in [5.41, 5.74) is 2.88. The molecule has 2 aromatic carbocycles. The lowest BCUT2D eigenvalue weighted by atomic mass is 10.1. The Balaban J connectivity index is 1.72. The third-order valence-electron chi connectivity index (χ3n) is 4.79. The lowest BCUT2D eigenvalue weighted by Gasteiger charge is -2.12. The molecule has 1 aromatic heterocycles. The van der Waals surface area contributed by atoms with Gasteiger partial charge in [0.15, 0.2) is 11.0 Å². The van der Waals surface area contributed by atoms with Crippen LogP contribution in [0.2, 0.25) is 5.02 Å². The van der Waals surface area contributed by atoms with Crippen molar-refractivity contribution in [2.75, 3.05) is 17.6 Å². The molecule has 2 N–H and O–H groups in total. The number of benzene rings is 2. The average Bonchev–Trinajstić information content (AvgIpc) is 3.19. The van der Waals surface area contributed by atoms with Gasteiger partial charge in [0, 0.05) is 23.7 Å². The highest BCUT2D eigenvalue weighted by atomic mass is 35.5. The molecule has 0 aliphatic heterocycles. The van der Waals surface area contributed by atoms with Crippen LogP contribution in [0.3, 0.4) is 0 Å². The number of aryl methyl sites for hydroxylation is 1. The number of aromatic nitrogens is 3. The summed E-state index contributed by atoms with van der Waals surface area (Å²) in [5, 5.41) is 15.4. The number of hydrogen-bond acceptors (Lipinski definition) is 5. The monoisotopic (exact) mass is 471 g/mol. The van der Waals surface area contributed by atoms with Crippen molar-refractivity contribution in [1.29, 1.82) is 0 Å². The molecule has 9 heteroatoms. The van der Waals surface area contributed by atoms with E-state index in [-0.39, 0.29) is 17.6 Å². The molecule has 0 spiro atoms. The summed E-state index contributed by atoms with van der Waals surface area (Å²) >= 11 is 7.38. The standard InChI is InChI=1S/C23H26ClN5O2S/c1-4-12-25-22(31)18-11-10-16(24)13-19(18)26-20(30)14-32-23-28-27-21(29(23)5-2)17-9-7-6-8-15(17)3/h6-11,13H,4-5,12,14H2,1-3H3,(H,25,31)(H,26,30). The van der Waals surface area contributed by atoms with Crippen LogP contribution in [0.1, 0.15) is 36.2 Å². The van der Waals surface area contributed by atoms with Crippen LogP contribution in [0, 0.1) is 6.92 Å². The fourth-order valence-electron chi connectivity index (χ4n) is 3.17. The SMILES string of the molecule is CCCNC(=O)c1ccc(Cl)cc1NC(=O)CSc1nnc(-c2ccccc2C)n1CC. The Morgan fingerprint density at radius 3 is 2.62 bits per heavy atom. The maximum Gasteiger partial charge on any atom is 0.253 e. The van der Waals surface area contributed by atoms with Gasteiger partial charge in [0.05, 0.1) is 17.0 Å². The number of nitrogens with one attached hydrogen (secondary N) is 2. The van der Waals surface area contributed by atoms with Crippen molar-refractivity contribution < 1.29 is 9.59 Å². The van der Waals surface area contributed by atoms with Crippen molar-refractivity contribution in [1.82, 2.24) is 20.1 Å². The van der Waals surface area contributed by atoms with Crippen LogP contribution >= 0.6 is 23.4 Å². The van der Waals surface area contributed by atoms with Crippen LogP contribution in [0.15, 0.2) is 47.6 Å². The lowest BCUT2D eigenvalue weighted by molar-refractivity contribution is -0.113. The molecule has 0 bridgehead atoms. The first-order valence-corrected chi connectivity index (χ1v) is 11.8. The molecule has 0 saturated heterocycles. The largest absolute Gasteiger partial charge is 0.352 e. The Labute approximate surface area is 197 Å². The van der Waals surface area contributed by atoms with Crippen molar-refractivity contribution >= 4 is 40.9 Å². The quantitative estimate of drug-likeness (QED) is 0.438. The second-order valence-electron chi connectivity index (χ2n) is 7.15. The Morgan fingerprint density at radius 2 is 1.91 bits per heavy atom. The Morgan fingerprint density at radius 1 is 1.12 bits per heavy atom. The minimum absolute atomic E-state index is 0.119. The highest BCUT2D eigenvalue weighted by molar-refractivity contribution is 7.99. The van der Waals surface area contributed by atoms with Gasteiger partial charge in [0.2, 0.25) is 5.91 Å². The zero-order valence-corrected chi connectivity index (χ0v) is 19.9. The fourth-order valence-corrected chi connectivity index (χ4v) is 4.15. The minimum Gasteiger partial charge on any atom is -0.352 e. The fraction of sp³-hybridized carbons (Fsp3) is 0.304. The lowest BCUT2D eigenvalue weighted by Crippen LogP contribution is -2.26. The van der Waals surface area contributed by atoms with Crippen molar-refractivity contribution in [2.24, 2.45) is 0 Å². The Kier molecular flexibility index (Phi) is 8.30. The first-order valence-electron chi connectivity index (χ1n) is 10.4. The maximum absolute atomic E-state index is 12.7. The third-order valence-corrected chi connectivity index (χ3v) is 5.99. The highest BCUT2D eigenvalue weighted by Gasteiger charge is 2.17. The molecule has 0 atom stereocenters. The van der Waals surface area contributed by atoms with Crippen molar-refractivity contribution in [2.45, 2.75) is 38.9 Å². The van der Waals surface area contributed by atoms with E-state index in [0.717, 1.165) is 23.4 Å². The van der Waals surface area contributed by atoms with E-state index in [1.54, 1.807) is 18.2 Å². The summed E-state index contributed by atoms with van der Waals surface area (Å²) in [4.78, 5) is 25.1. The number of carbonyl (C=O) groups is 2. The normalized spacial score (nSPS) is 10.8. The van der Waals surface area contributed by atoms with E-state index < -0.39 is 0 Å². The summed E-state index contributed by atoms with van der Waals surface area (Å²) in [6, 6.07) is 12.8. The van der Waals surface area contributed by atoms with E-state index >= 15 is 0 Å². The molecule has 0 aliphatic carbocycles. The molecule has 3 rings (SSSR count). The van der Waals surface area contributed by atoms with Gasteiger partial charge in [-0.3, -0.25) is 9.59 Å². The molecular formula is C23H26ClN5O2S. The van der Waals surface area contributed by atoms with Crippen molar-refractivity contribution in [3.8, 4) is 11.4 Å². The van der Waals surface area contributed by atoms with Gasteiger partial charge >= 0.3 is 0 Å². The molecule has 7 nitrogen and oxygen atoms in total. The number of thioether (sulfide) groups is 1. The average molecular weight is 472 g/mol. The number of hydrogen-bond donors (Lipinski definition) is 2. The number of amides is 2. The van der Waals surface area contributed by atoms with Gasteiger partial charge in [-0.1, -0.05) is 54.6 Å². The number of halogens is 1. The van der Waals surface area contributed by atoms with E-state index in [1.807, 2.05) is 49.6 Å². The molecule has 0 unspecified atom stereocenters. The second kappa shape index (κ2) is 11.2. The summed E-state index contributed by atoms with van der Waals surface area (Å²) in [6.45, 7) is 7.25. The Hall–Kier alpha value is -2.84. The van der Waals surface area contributed by atoms with Crippen LogP contribution in [0.25, 0.3) is 11.4 Å².